The van der Waals surface area contributed by atoms with Gasteiger partial charge in [0.15, 0.2) is 9.84 Å². The fourth-order valence-corrected chi connectivity index (χ4v) is 3.34. The number of carbonyl (C=O) groups is 1. The minimum Gasteiger partial charge on any atom is -0.324 e. The second kappa shape index (κ2) is 7.61. The molecular weight excluding hydrogens is 337 g/mol. The van der Waals surface area contributed by atoms with E-state index < -0.39 is 15.7 Å². The molecule has 0 aliphatic carbocycles. The molecule has 0 bridgehead atoms. The first-order chi connectivity index (χ1) is 10.9. The summed E-state index contributed by atoms with van der Waals surface area (Å²) in [5.41, 5.74) is -0.123. The highest BCUT2D eigenvalue weighted by Crippen LogP contribution is 2.21. The van der Waals surface area contributed by atoms with Crippen molar-refractivity contribution in [3.63, 3.8) is 0 Å². The zero-order chi connectivity index (χ0) is 16.9. The third kappa shape index (κ3) is 5.37. The summed E-state index contributed by atoms with van der Waals surface area (Å²) < 4.78 is 36.6. The van der Waals surface area contributed by atoms with Crippen molar-refractivity contribution in [1.82, 2.24) is 0 Å². The van der Waals surface area contributed by atoms with Crippen LogP contribution in [-0.2, 0) is 14.6 Å². The predicted octanol–water partition coefficient (Wildman–Crippen LogP) is 3.35. The Labute approximate surface area is 139 Å². The highest BCUT2D eigenvalue weighted by molar-refractivity contribution is 7.99. The van der Waals surface area contributed by atoms with Crippen molar-refractivity contribution >= 4 is 33.2 Å². The summed E-state index contributed by atoms with van der Waals surface area (Å²) in [5.74, 6) is -0.483. The van der Waals surface area contributed by atoms with Crippen LogP contribution in [0.3, 0.4) is 0 Å². The molecule has 0 atom stereocenters. The average Bonchev–Trinajstić information content (AvgIpc) is 2.49. The Morgan fingerprint density at radius 3 is 2.52 bits per heavy atom. The first kappa shape index (κ1) is 17.5. The largest absolute Gasteiger partial charge is 0.324 e. The van der Waals surface area contributed by atoms with E-state index in [9.17, 15) is 17.6 Å². The molecule has 0 radical (unpaired) electrons. The summed E-state index contributed by atoms with van der Waals surface area (Å²) in [6, 6.07) is 13.0. The second-order valence-corrected chi connectivity index (χ2v) is 8.06. The molecule has 1 N–H and O–H groups in total. The van der Waals surface area contributed by atoms with Gasteiger partial charge in [-0.1, -0.05) is 18.2 Å². The van der Waals surface area contributed by atoms with E-state index in [-0.39, 0.29) is 22.9 Å². The zero-order valence-electron chi connectivity index (χ0n) is 12.5. The first-order valence-electron chi connectivity index (χ1n) is 6.83. The number of hydrogen-bond acceptors (Lipinski definition) is 4. The van der Waals surface area contributed by atoms with Crippen molar-refractivity contribution in [3.8, 4) is 0 Å². The molecular formula is C16H16FNO3S2. The Kier molecular flexibility index (Phi) is 5.79. The van der Waals surface area contributed by atoms with Crippen LogP contribution < -0.4 is 5.32 Å². The van der Waals surface area contributed by atoms with E-state index in [2.05, 4.69) is 5.32 Å². The van der Waals surface area contributed by atoms with E-state index in [1.54, 1.807) is 0 Å². The molecule has 23 heavy (non-hydrogen) atoms. The Morgan fingerprint density at radius 2 is 1.87 bits per heavy atom. The van der Waals surface area contributed by atoms with Crippen LogP contribution in [0.4, 0.5) is 10.1 Å². The van der Waals surface area contributed by atoms with Gasteiger partial charge < -0.3 is 5.32 Å². The molecule has 4 nitrogen and oxygen atoms in total. The number of sulfone groups is 1. The SMILES string of the molecule is CS(=O)(=O)c1ccc(F)c(NC(=O)CCSc2ccccc2)c1. The smallest absolute Gasteiger partial charge is 0.225 e. The molecule has 0 aromatic heterocycles. The standard InChI is InChI=1S/C16H16FNO3S2/c1-23(20,21)13-7-8-14(17)15(11-13)18-16(19)9-10-22-12-5-3-2-4-6-12/h2-8,11H,9-10H2,1H3,(H,18,19). The summed E-state index contributed by atoms with van der Waals surface area (Å²) in [7, 11) is -3.45. The number of hydrogen-bond donors (Lipinski definition) is 1. The fourth-order valence-electron chi connectivity index (χ4n) is 1.82. The molecule has 2 aromatic rings. The third-order valence-electron chi connectivity index (χ3n) is 2.98. The number of anilines is 1. The number of benzene rings is 2. The van der Waals surface area contributed by atoms with E-state index in [4.69, 9.17) is 0 Å². The second-order valence-electron chi connectivity index (χ2n) is 4.87. The number of carbonyl (C=O) groups excluding carboxylic acids is 1. The molecule has 2 rings (SSSR count). The molecule has 0 aliphatic rings. The van der Waals surface area contributed by atoms with Crippen molar-refractivity contribution in [2.75, 3.05) is 17.3 Å². The predicted molar refractivity (Wildman–Crippen MR) is 89.9 cm³/mol. The first-order valence-corrected chi connectivity index (χ1v) is 9.71. The van der Waals surface area contributed by atoms with E-state index >= 15 is 0 Å². The number of thioether (sulfide) groups is 1. The van der Waals surface area contributed by atoms with Gasteiger partial charge in [-0.3, -0.25) is 4.79 Å². The lowest BCUT2D eigenvalue weighted by Crippen LogP contribution is -2.14. The quantitative estimate of drug-likeness (QED) is 0.639. The molecule has 0 spiro atoms. The van der Waals surface area contributed by atoms with Crippen LogP contribution in [0.25, 0.3) is 0 Å². The Bertz CT molecular complexity index is 792. The minimum absolute atomic E-state index is 0.0344. The Morgan fingerprint density at radius 1 is 1.17 bits per heavy atom. The minimum atomic E-state index is -3.45. The fraction of sp³-hybridized carbons (Fsp3) is 0.188. The molecule has 0 saturated heterocycles. The topological polar surface area (TPSA) is 63.2 Å². The van der Waals surface area contributed by atoms with E-state index in [1.807, 2.05) is 30.3 Å². The lowest BCUT2D eigenvalue weighted by molar-refractivity contribution is -0.115. The van der Waals surface area contributed by atoms with Crippen molar-refractivity contribution in [2.45, 2.75) is 16.2 Å². The van der Waals surface area contributed by atoms with Crippen LogP contribution in [0.15, 0.2) is 58.3 Å². The van der Waals surface area contributed by atoms with Crippen LogP contribution in [0.1, 0.15) is 6.42 Å². The molecule has 122 valence electrons. The van der Waals surface area contributed by atoms with Gasteiger partial charge >= 0.3 is 0 Å². The summed E-state index contributed by atoms with van der Waals surface area (Å²) in [4.78, 5) is 12.9. The van der Waals surface area contributed by atoms with E-state index in [0.29, 0.717) is 5.75 Å². The molecule has 0 heterocycles. The molecule has 2 aromatic carbocycles. The maximum Gasteiger partial charge on any atom is 0.225 e. The third-order valence-corrected chi connectivity index (χ3v) is 5.11. The van der Waals surface area contributed by atoms with E-state index in [0.717, 1.165) is 23.3 Å². The number of halogens is 1. The van der Waals surface area contributed by atoms with Crippen molar-refractivity contribution in [3.05, 3.63) is 54.3 Å². The number of nitrogens with one attached hydrogen (secondary N) is 1. The number of rotatable bonds is 6. The van der Waals surface area contributed by atoms with Gasteiger partial charge in [-0.25, -0.2) is 12.8 Å². The molecule has 0 unspecified atom stereocenters. The van der Waals surface area contributed by atoms with Crippen molar-refractivity contribution in [2.24, 2.45) is 0 Å². The lowest BCUT2D eigenvalue weighted by Gasteiger charge is -2.08. The Hall–Kier alpha value is -1.86. The van der Waals surface area contributed by atoms with Crippen LogP contribution in [0.5, 0.6) is 0 Å². The van der Waals surface area contributed by atoms with Crippen LogP contribution in [-0.4, -0.2) is 26.3 Å². The average molecular weight is 353 g/mol. The molecule has 7 heteroatoms. The van der Waals surface area contributed by atoms with Crippen molar-refractivity contribution < 1.29 is 17.6 Å². The summed E-state index contributed by atoms with van der Waals surface area (Å²) >= 11 is 1.52. The normalized spacial score (nSPS) is 11.2. The maximum atomic E-state index is 13.7. The summed E-state index contributed by atoms with van der Waals surface area (Å²) in [6.45, 7) is 0. The molecule has 0 fully saturated rings. The van der Waals surface area contributed by atoms with Gasteiger partial charge in [0.1, 0.15) is 5.82 Å². The van der Waals surface area contributed by atoms with Gasteiger partial charge in [0.05, 0.1) is 10.6 Å². The molecule has 0 saturated carbocycles. The lowest BCUT2D eigenvalue weighted by atomic mass is 10.3. The Balaban J connectivity index is 1.95. The van der Waals surface area contributed by atoms with Crippen LogP contribution in [0.2, 0.25) is 0 Å². The van der Waals surface area contributed by atoms with Gasteiger partial charge in [0, 0.05) is 23.3 Å². The monoisotopic (exact) mass is 353 g/mol. The van der Waals surface area contributed by atoms with Crippen molar-refractivity contribution in [1.29, 1.82) is 0 Å². The number of amides is 1. The zero-order valence-corrected chi connectivity index (χ0v) is 14.1. The van der Waals surface area contributed by atoms with Gasteiger partial charge in [-0.05, 0) is 30.3 Å². The summed E-state index contributed by atoms with van der Waals surface area (Å²) in [6.07, 6.45) is 1.23. The van der Waals surface area contributed by atoms with Gasteiger partial charge in [0.2, 0.25) is 5.91 Å². The maximum absolute atomic E-state index is 13.7. The van der Waals surface area contributed by atoms with Crippen LogP contribution >= 0.6 is 11.8 Å². The molecule has 0 aliphatic heterocycles. The van der Waals surface area contributed by atoms with Gasteiger partial charge in [-0.2, -0.15) is 0 Å². The van der Waals surface area contributed by atoms with Gasteiger partial charge in [-0.15, -0.1) is 11.8 Å². The summed E-state index contributed by atoms with van der Waals surface area (Å²) in [5, 5.41) is 2.42. The van der Waals surface area contributed by atoms with Gasteiger partial charge in [0.25, 0.3) is 0 Å². The van der Waals surface area contributed by atoms with Crippen LogP contribution in [0, 0.1) is 5.82 Å². The van der Waals surface area contributed by atoms with E-state index in [1.165, 1.54) is 17.8 Å². The highest BCUT2D eigenvalue weighted by Gasteiger charge is 2.13. The molecule has 1 amide bonds. The highest BCUT2D eigenvalue weighted by atomic mass is 32.2.